The van der Waals surface area contributed by atoms with Gasteiger partial charge in [0.15, 0.2) is 0 Å². The Labute approximate surface area is 201 Å². The van der Waals surface area contributed by atoms with Crippen molar-refractivity contribution in [2.24, 2.45) is 0 Å². The highest BCUT2D eigenvalue weighted by atomic mass is 32.2. The number of nitrogens with zero attached hydrogens (tertiary/aromatic N) is 1. The van der Waals surface area contributed by atoms with E-state index in [-0.39, 0.29) is 11.8 Å². The summed E-state index contributed by atoms with van der Waals surface area (Å²) in [7, 11) is 0. The molecule has 3 aromatic rings. The molecule has 0 aliphatic carbocycles. The van der Waals surface area contributed by atoms with E-state index in [0.717, 1.165) is 22.4 Å². The molecule has 0 aliphatic rings. The summed E-state index contributed by atoms with van der Waals surface area (Å²) < 4.78 is 0. The summed E-state index contributed by atoms with van der Waals surface area (Å²) in [6.45, 7) is 4.88. The van der Waals surface area contributed by atoms with Gasteiger partial charge in [-0.15, -0.1) is 11.8 Å². The molecule has 1 N–H and O–H groups in total. The zero-order valence-electron chi connectivity index (χ0n) is 19.4. The third-order valence-corrected chi connectivity index (χ3v) is 6.55. The van der Waals surface area contributed by atoms with Gasteiger partial charge in [0.05, 0.1) is 5.75 Å². The summed E-state index contributed by atoms with van der Waals surface area (Å²) >= 11 is 1.58. The second-order valence-electron chi connectivity index (χ2n) is 8.03. The molecule has 5 heteroatoms. The van der Waals surface area contributed by atoms with Crippen LogP contribution in [0.1, 0.15) is 29.2 Å². The summed E-state index contributed by atoms with van der Waals surface area (Å²) in [5.41, 5.74) is 4.39. The maximum absolute atomic E-state index is 13.5. The summed E-state index contributed by atoms with van der Waals surface area (Å²) in [6, 6.07) is 27.5. The number of hydrogen-bond acceptors (Lipinski definition) is 3. The Hall–Kier alpha value is -3.05. The first-order valence-corrected chi connectivity index (χ1v) is 12.5. The Kier molecular flexibility index (Phi) is 9.58. The van der Waals surface area contributed by atoms with Gasteiger partial charge in [-0.3, -0.25) is 9.59 Å². The van der Waals surface area contributed by atoms with Gasteiger partial charge in [-0.2, -0.15) is 0 Å². The van der Waals surface area contributed by atoms with Crippen molar-refractivity contribution in [1.29, 1.82) is 0 Å². The first-order valence-electron chi connectivity index (χ1n) is 11.4. The number of aryl methyl sites for hydroxylation is 1. The van der Waals surface area contributed by atoms with E-state index >= 15 is 0 Å². The Bertz CT molecular complexity index is 1020. The minimum Gasteiger partial charge on any atom is -0.355 e. The third kappa shape index (κ3) is 7.50. The van der Waals surface area contributed by atoms with Crippen molar-refractivity contribution in [3.8, 4) is 0 Å². The number of nitrogens with one attached hydrogen (secondary N) is 1. The minimum atomic E-state index is -0.572. The third-order valence-electron chi connectivity index (χ3n) is 5.56. The molecule has 0 fully saturated rings. The number of amides is 2. The van der Waals surface area contributed by atoms with Gasteiger partial charge in [-0.1, -0.05) is 84.9 Å². The van der Waals surface area contributed by atoms with Crippen molar-refractivity contribution in [3.05, 3.63) is 107 Å². The molecule has 0 heterocycles. The number of hydrogen-bond donors (Lipinski definition) is 1. The quantitative estimate of drug-likeness (QED) is 0.438. The summed E-state index contributed by atoms with van der Waals surface area (Å²) in [6.07, 6.45) is 0.480. The second-order valence-corrected chi connectivity index (χ2v) is 9.01. The van der Waals surface area contributed by atoms with Gasteiger partial charge >= 0.3 is 0 Å². The van der Waals surface area contributed by atoms with Gasteiger partial charge in [0, 0.05) is 25.3 Å². The first kappa shape index (κ1) is 24.6. The largest absolute Gasteiger partial charge is 0.355 e. The Morgan fingerprint density at radius 1 is 0.879 bits per heavy atom. The molecule has 3 rings (SSSR count). The van der Waals surface area contributed by atoms with Gasteiger partial charge in [-0.25, -0.2) is 0 Å². The van der Waals surface area contributed by atoms with Crippen LogP contribution < -0.4 is 5.32 Å². The van der Waals surface area contributed by atoms with Crippen LogP contribution in [0.4, 0.5) is 0 Å². The average molecular weight is 461 g/mol. The van der Waals surface area contributed by atoms with Gasteiger partial charge < -0.3 is 10.2 Å². The number of carbonyl (C=O) groups excluding carboxylic acids is 2. The highest BCUT2D eigenvalue weighted by Crippen LogP contribution is 2.19. The molecular formula is C28H32N2O2S. The Morgan fingerprint density at radius 3 is 2.12 bits per heavy atom. The highest BCUT2D eigenvalue weighted by Gasteiger charge is 2.30. The first-order chi connectivity index (χ1) is 16.1. The van der Waals surface area contributed by atoms with E-state index < -0.39 is 6.04 Å². The molecule has 4 nitrogen and oxygen atoms in total. The monoisotopic (exact) mass is 460 g/mol. The number of likely N-dealkylation sites (N-methyl/N-ethyl adjacent to an activating group) is 1. The van der Waals surface area contributed by atoms with Crippen molar-refractivity contribution < 1.29 is 9.59 Å². The van der Waals surface area contributed by atoms with Crippen LogP contribution in [0.3, 0.4) is 0 Å². The molecule has 1 atom stereocenters. The molecule has 0 aliphatic heterocycles. The smallest absolute Gasteiger partial charge is 0.243 e. The lowest BCUT2D eigenvalue weighted by Crippen LogP contribution is -2.51. The normalized spacial score (nSPS) is 11.6. The number of thioether (sulfide) groups is 1. The molecule has 0 spiro atoms. The molecule has 3 aromatic carbocycles. The van der Waals surface area contributed by atoms with Crippen molar-refractivity contribution >= 4 is 23.6 Å². The molecule has 0 radical (unpaired) electrons. The Balaban J connectivity index is 1.84. The zero-order valence-corrected chi connectivity index (χ0v) is 20.2. The lowest BCUT2D eigenvalue weighted by molar-refractivity contribution is -0.139. The van der Waals surface area contributed by atoms with Gasteiger partial charge in [-0.05, 0) is 36.1 Å². The summed E-state index contributed by atoms with van der Waals surface area (Å²) in [5.74, 6) is 0.948. The minimum absolute atomic E-state index is 0.0219. The van der Waals surface area contributed by atoms with Crippen molar-refractivity contribution in [2.75, 3.05) is 12.3 Å². The van der Waals surface area contributed by atoms with Crippen LogP contribution in [-0.4, -0.2) is 35.1 Å². The van der Waals surface area contributed by atoms with Crippen LogP contribution in [0.5, 0.6) is 0 Å². The van der Waals surface area contributed by atoms with E-state index in [9.17, 15) is 9.59 Å². The van der Waals surface area contributed by atoms with Crippen LogP contribution in [0.15, 0.2) is 84.9 Å². The Morgan fingerprint density at radius 2 is 1.48 bits per heavy atom. The summed E-state index contributed by atoms with van der Waals surface area (Å²) in [5, 5.41) is 2.94. The topological polar surface area (TPSA) is 49.4 Å². The van der Waals surface area contributed by atoms with Gasteiger partial charge in [0.2, 0.25) is 11.8 Å². The lowest BCUT2D eigenvalue weighted by atomic mass is 10.0. The number of carbonyl (C=O) groups is 2. The molecule has 0 bridgehead atoms. The molecular weight excluding hydrogens is 428 g/mol. The highest BCUT2D eigenvalue weighted by molar-refractivity contribution is 7.99. The van der Waals surface area contributed by atoms with Crippen LogP contribution in [-0.2, 0) is 28.3 Å². The zero-order chi connectivity index (χ0) is 23.5. The molecule has 33 heavy (non-hydrogen) atoms. The maximum atomic E-state index is 13.5. The van der Waals surface area contributed by atoms with Crippen LogP contribution in [0, 0.1) is 6.92 Å². The second kappa shape index (κ2) is 12.9. The van der Waals surface area contributed by atoms with E-state index in [1.165, 1.54) is 5.56 Å². The molecule has 2 amide bonds. The fourth-order valence-corrected chi connectivity index (χ4v) is 4.60. The molecule has 0 aromatic heterocycles. The number of rotatable bonds is 11. The van der Waals surface area contributed by atoms with Crippen molar-refractivity contribution in [1.82, 2.24) is 10.2 Å². The predicted molar refractivity (Wildman–Crippen MR) is 137 cm³/mol. The van der Waals surface area contributed by atoms with Crippen molar-refractivity contribution in [2.45, 2.75) is 38.6 Å². The molecule has 0 saturated heterocycles. The van der Waals surface area contributed by atoms with Crippen LogP contribution in [0.25, 0.3) is 0 Å². The van der Waals surface area contributed by atoms with E-state index in [0.29, 0.717) is 25.3 Å². The lowest BCUT2D eigenvalue weighted by Gasteiger charge is -2.32. The van der Waals surface area contributed by atoms with E-state index in [1.54, 1.807) is 16.7 Å². The van der Waals surface area contributed by atoms with Gasteiger partial charge in [0.1, 0.15) is 6.04 Å². The van der Waals surface area contributed by atoms with Crippen LogP contribution in [0.2, 0.25) is 0 Å². The van der Waals surface area contributed by atoms with E-state index in [4.69, 9.17) is 0 Å². The predicted octanol–water partition coefficient (Wildman–Crippen LogP) is 5.00. The van der Waals surface area contributed by atoms with Crippen LogP contribution >= 0.6 is 11.8 Å². The average Bonchev–Trinajstić information content (AvgIpc) is 2.84. The SMILES string of the molecule is CCNC(=O)[C@H](Cc1ccccc1)N(Cc1ccccc1C)C(=O)CSCc1ccccc1. The standard InChI is InChI=1S/C28H32N2O2S/c1-3-29-28(32)26(18-23-13-6-4-7-14-23)30(19-25-17-11-10-12-22(25)2)27(31)21-33-20-24-15-8-5-9-16-24/h4-17,26H,3,18-21H2,1-2H3,(H,29,32)/t26-/m0/s1. The van der Waals surface area contributed by atoms with E-state index in [1.807, 2.05) is 86.6 Å². The van der Waals surface area contributed by atoms with Gasteiger partial charge in [0.25, 0.3) is 0 Å². The van der Waals surface area contributed by atoms with Crippen molar-refractivity contribution in [3.63, 3.8) is 0 Å². The fraction of sp³-hybridized carbons (Fsp3) is 0.286. The van der Waals surface area contributed by atoms with E-state index in [2.05, 4.69) is 17.4 Å². The number of benzene rings is 3. The maximum Gasteiger partial charge on any atom is 0.243 e. The molecule has 0 saturated carbocycles. The molecule has 0 unspecified atom stereocenters. The fourth-order valence-electron chi connectivity index (χ4n) is 3.73. The molecule has 172 valence electrons. The summed E-state index contributed by atoms with van der Waals surface area (Å²) in [4.78, 5) is 28.4.